The number of anilines is 1. The Balaban J connectivity index is 2.46. The second-order valence-electron chi connectivity index (χ2n) is 2.62. The highest BCUT2D eigenvalue weighted by Crippen LogP contribution is 2.07. The van der Waals surface area contributed by atoms with Crippen LogP contribution in [0, 0.1) is 6.92 Å². The van der Waals surface area contributed by atoms with Gasteiger partial charge in [0.25, 0.3) is 0 Å². The van der Waals surface area contributed by atoms with Gasteiger partial charge in [-0.05, 0) is 13.3 Å². The molecule has 0 radical (unpaired) electrons. The first-order chi connectivity index (χ1) is 5.72. The fourth-order valence-electron chi connectivity index (χ4n) is 0.858. The van der Waals surface area contributed by atoms with Gasteiger partial charge in [-0.25, -0.2) is 0 Å². The lowest BCUT2D eigenvalue weighted by atomic mass is 10.3. The molecule has 0 unspecified atom stereocenters. The molecule has 0 bridgehead atoms. The summed E-state index contributed by atoms with van der Waals surface area (Å²) >= 11 is 0. The fourth-order valence-corrected chi connectivity index (χ4v) is 0.858. The van der Waals surface area contributed by atoms with E-state index in [1.807, 2.05) is 6.92 Å². The van der Waals surface area contributed by atoms with E-state index in [-0.39, 0.29) is 5.91 Å². The zero-order chi connectivity index (χ0) is 8.97. The van der Waals surface area contributed by atoms with Gasteiger partial charge in [-0.15, -0.1) is 0 Å². The standard InChI is InChI=1S/C8H12N2O2/c1-3-4-8(11)9-7-5-6(2)12-10-7/h5H,3-4H2,1-2H3,(H,9,10,11). The van der Waals surface area contributed by atoms with Crippen LogP contribution in [-0.4, -0.2) is 11.1 Å². The largest absolute Gasteiger partial charge is 0.360 e. The van der Waals surface area contributed by atoms with Gasteiger partial charge in [0.05, 0.1) is 0 Å². The summed E-state index contributed by atoms with van der Waals surface area (Å²) in [4.78, 5) is 11.0. The SMILES string of the molecule is CCCC(=O)Nc1cc(C)on1. The zero-order valence-electron chi connectivity index (χ0n) is 7.26. The molecular formula is C8H12N2O2. The molecule has 0 aliphatic heterocycles. The number of hydrogen-bond acceptors (Lipinski definition) is 3. The summed E-state index contributed by atoms with van der Waals surface area (Å²) in [7, 11) is 0. The minimum absolute atomic E-state index is 0.0224. The van der Waals surface area contributed by atoms with Crippen molar-refractivity contribution in [3.05, 3.63) is 11.8 Å². The quantitative estimate of drug-likeness (QED) is 0.747. The Labute approximate surface area is 70.9 Å². The highest BCUT2D eigenvalue weighted by Gasteiger charge is 2.03. The highest BCUT2D eigenvalue weighted by atomic mass is 16.5. The van der Waals surface area contributed by atoms with E-state index in [0.29, 0.717) is 18.0 Å². The molecule has 1 aromatic heterocycles. The average Bonchev–Trinajstić information content (AvgIpc) is 2.36. The van der Waals surface area contributed by atoms with Crippen molar-refractivity contribution < 1.29 is 9.32 Å². The number of aromatic nitrogens is 1. The predicted molar refractivity (Wildman–Crippen MR) is 44.8 cm³/mol. The average molecular weight is 168 g/mol. The zero-order valence-corrected chi connectivity index (χ0v) is 7.26. The van der Waals surface area contributed by atoms with E-state index >= 15 is 0 Å². The van der Waals surface area contributed by atoms with Gasteiger partial charge in [0, 0.05) is 12.5 Å². The smallest absolute Gasteiger partial charge is 0.225 e. The molecule has 1 amide bonds. The van der Waals surface area contributed by atoms with Crippen LogP contribution in [0.2, 0.25) is 0 Å². The highest BCUT2D eigenvalue weighted by molar-refractivity contribution is 5.89. The number of carbonyl (C=O) groups excluding carboxylic acids is 1. The Kier molecular flexibility index (Phi) is 2.85. The van der Waals surface area contributed by atoms with E-state index in [9.17, 15) is 4.79 Å². The Morgan fingerprint density at radius 1 is 1.75 bits per heavy atom. The Morgan fingerprint density at radius 2 is 2.50 bits per heavy atom. The van der Waals surface area contributed by atoms with Crippen molar-refractivity contribution in [2.24, 2.45) is 0 Å². The first-order valence-electron chi connectivity index (χ1n) is 3.95. The number of hydrogen-bond donors (Lipinski definition) is 1. The molecular weight excluding hydrogens is 156 g/mol. The lowest BCUT2D eigenvalue weighted by Crippen LogP contribution is -2.10. The van der Waals surface area contributed by atoms with Crippen LogP contribution >= 0.6 is 0 Å². The second-order valence-corrected chi connectivity index (χ2v) is 2.62. The molecule has 4 heteroatoms. The van der Waals surface area contributed by atoms with Gasteiger partial charge in [0.1, 0.15) is 5.76 Å². The van der Waals surface area contributed by atoms with Crippen LogP contribution in [0.5, 0.6) is 0 Å². The summed E-state index contributed by atoms with van der Waals surface area (Å²) in [5, 5.41) is 6.25. The molecule has 1 aromatic rings. The van der Waals surface area contributed by atoms with Crippen molar-refractivity contribution in [3.63, 3.8) is 0 Å². The normalized spacial score (nSPS) is 9.83. The molecule has 12 heavy (non-hydrogen) atoms. The number of amides is 1. The van der Waals surface area contributed by atoms with Crippen LogP contribution in [0.4, 0.5) is 5.82 Å². The molecule has 1 heterocycles. The summed E-state index contributed by atoms with van der Waals surface area (Å²) in [5.41, 5.74) is 0. The molecule has 0 fully saturated rings. The molecule has 0 aliphatic rings. The van der Waals surface area contributed by atoms with Crippen molar-refractivity contribution in [1.29, 1.82) is 0 Å². The molecule has 0 atom stereocenters. The maximum Gasteiger partial charge on any atom is 0.225 e. The molecule has 66 valence electrons. The third kappa shape index (κ3) is 2.38. The van der Waals surface area contributed by atoms with Crippen LogP contribution in [0.15, 0.2) is 10.6 Å². The van der Waals surface area contributed by atoms with Gasteiger partial charge < -0.3 is 9.84 Å². The number of aryl methyl sites for hydroxylation is 1. The van der Waals surface area contributed by atoms with Crippen molar-refractivity contribution in [3.8, 4) is 0 Å². The van der Waals surface area contributed by atoms with Gasteiger partial charge in [0.2, 0.25) is 5.91 Å². The summed E-state index contributed by atoms with van der Waals surface area (Å²) in [5.74, 6) is 1.17. The van der Waals surface area contributed by atoms with Gasteiger partial charge in [-0.2, -0.15) is 0 Å². The lowest BCUT2D eigenvalue weighted by Gasteiger charge is -1.96. The predicted octanol–water partition coefficient (Wildman–Crippen LogP) is 1.72. The van der Waals surface area contributed by atoms with Crippen LogP contribution in [0.1, 0.15) is 25.5 Å². The molecule has 0 spiro atoms. The third-order valence-corrected chi connectivity index (χ3v) is 1.37. The number of nitrogens with zero attached hydrogens (tertiary/aromatic N) is 1. The number of nitrogens with one attached hydrogen (secondary N) is 1. The Bertz CT molecular complexity index is 268. The van der Waals surface area contributed by atoms with Crippen LogP contribution < -0.4 is 5.32 Å². The topological polar surface area (TPSA) is 55.1 Å². The second kappa shape index (κ2) is 3.90. The number of rotatable bonds is 3. The van der Waals surface area contributed by atoms with Crippen LogP contribution in [0.3, 0.4) is 0 Å². The molecule has 1 rings (SSSR count). The van der Waals surface area contributed by atoms with E-state index < -0.39 is 0 Å². The summed E-state index contributed by atoms with van der Waals surface area (Å²) in [6.45, 7) is 3.73. The summed E-state index contributed by atoms with van der Waals surface area (Å²) in [6, 6.07) is 1.69. The molecule has 0 saturated carbocycles. The van der Waals surface area contributed by atoms with Crippen molar-refractivity contribution in [2.45, 2.75) is 26.7 Å². The van der Waals surface area contributed by atoms with Gasteiger partial charge in [-0.1, -0.05) is 12.1 Å². The molecule has 4 nitrogen and oxygen atoms in total. The van der Waals surface area contributed by atoms with E-state index in [1.165, 1.54) is 0 Å². The van der Waals surface area contributed by atoms with Gasteiger partial charge in [0.15, 0.2) is 5.82 Å². The minimum atomic E-state index is -0.0224. The van der Waals surface area contributed by atoms with E-state index in [1.54, 1.807) is 13.0 Å². The van der Waals surface area contributed by atoms with Crippen LogP contribution in [0.25, 0.3) is 0 Å². The van der Waals surface area contributed by atoms with E-state index in [2.05, 4.69) is 10.5 Å². The van der Waals surface area contributed by atoms with Crippen molar-refractivity contribution >= 4 is 11.7 Å². The van der Waals surface area contributed by atoms with Gasteiger partial charge >= 0.3 is 0 Å². The summed E-state index contributed by atoms with van der Waals surface area (Å²) in [6.07, 6.45) is 1.36. The molecule has 0 saturated heterocycles. The minimum Gasteiger partial charge on any atom is -0.360 e. The third-order valence-electron chi connectivity index (χ3n) is 1.37. The lowest BCUT2D eigenvalue weighted by molar-refractivity contribution is -0.116. The number of carbonyl (C=O) groups is 1. The van der Waals surface area contributed by atoms with Crippen molar-refractivity contribution in [1.82, 2.24) is 5.16 Å². The molecule has 0 aliphatic carbocycles. The maximum atomic E-state index is 11.0. The van der Waals surface area contributed by atoms with E-state index in [4.69, 9.17) is 4.52 Å². The Morgan fingerprint density at radius 3 is 3.00 bits per heavy atom. The monoisotopic (exact) mass is 168 g/mol. The first kappa shape index (κ1) is 8.77. The fraction of sp³-hybridized carbons (Fsp3) is 0.500. The Hall–Kier alpha value is -1.32. The van der Waals surface area contributed by atoms with Crippen LogP contribution in [-0.2, 0) is 4.79 Å². The molecule has 0 aromatic carbocycles. The molecule has 1 N–H and O–H groups in total. The summed E-state index contributed by atoms with van der Waals surface area (Å²) < 4.78 is 4.78. The first-order valence-corrected chi connectivity index (χ1v) is 3.95. The van der Waals surface area contributed by atoms with Gasteiger partial charge in [-0.3, -0.25) is 4.79 Å². The van der Waals surface area contributed by atoms with Crippen molar-refractivity contribution in [2.75, 3.05) is 5.32 Å². The van der Waals surface area contributed by atoms with E-state index in [0.717, 1.165) is 6.42 Å². The maximum absolute atomic E-state index is 11.0.